The molecule has 0 radical (unpaired) electrons. The average molecular weight is 224 g/mol. The van der Waals surface area contributed by atoms with Crippen molar-refractivity contribution in [3.05, 3.63) is 38.6 Å². The van der Waals surface area contributed by atoms with Crippen LogP contribution in [0.2, 0.25) is 0 Å². The van der Waals surface area contributed by atoms with Gasteiger partial charge in [0.1, 0.15) is 0 Å². The molecule has 1 aromatic heterocycles. The lowest BCUT2D eigenvalue weighted by molar-refractivity contribution is 0.397. The molecular formula is C11H16N2O3. The third kappa shape index (κ3) is 2.24. The number of aromatic nitrogens is 2. The molecule has 16 heavy (non-hydrogen) atoms. The van der Waals surface area contributed by atoms with Gasteiger partial charge in [0.15, 0.2) is 0 Å². The molecule has 0 unspecified atom stereocenters. The summed E-state index contributed by atoms with van der Waals surface area (Å²) in [6.45, 7) is 9.16. The number of nitrogens with zero attached hydrogens (tertiary/aromatic N) is 1. The molecule has 0 spiro atoms. The van der Waals surface area contributed by atoms with Gasteiger partial charge in [-0.1, -0.05) is 26.0 Å². The molecule has 0 aliphatic rings. The second-order valence-corrected chi connectivity index (χ2v) is 4.19. The van der Waals surface area contributed by atoms with Crippen LogP contribution in [0.3, 0.4) is 0 Å². The summed E-state index contributed by atoms with van der Waals surface area (Å²) in [5.41, 5.74) is -0.203. The number of nitrogens with one attached hydrogen (secondary N) is 1. The van der Waals surface area contributed by atoms with Gasteiger partial charge in [-0.05, 0) is 12.8 Å². The molecule has 0 bridgehead atoms. The fourth-order valence-corrected chi connectivity index (χ4v) is 1.51. The lowest BCUT2D eigenvalue weighted by Gasteiger charge is -2.12. The van der Waals surface area contributed by atoms with Crippen LogP contribution in [0.25, 0.3) is 0 Å². The first-order valence-corrected chi connectivity index (χ1v) is 5.05. The van der Waals surface area contributed by atoms with Crippen LogP contribution >= 0.6 is 0 Å². The maximum Gasteiger partial charge on any atom is 0.331 e. The van der Waals surface area contributed by atoms with E-state index in [-0.39, 0.29) is 23.9 Å². The fraction of sp³-hybridized carbons (Fsp3) is 0.455. The Morgan fingerprint density at radius 2 is 2.06 bits per heavy atom. The number of hydrogen-bond donors (Lipinski definition) is 2. The number of allylic oxidation sites excluding steroid dienone is 1. The smallest absolute Gasteiger partial charge is 0.331 e. The molecule has 0 amide bonds. The predicted molar refractivity (Wildman–Crippen MR) is 61.9 cm³/mol. The molecule has 2 N–H and O–H groups in total. The van der Waals surface area contributed by atoms with Crippen LogP contribution in [0, 0.1) is 0 Å². The maximum absolute atomic E-state index is 11.5. The van der Waals surface area contributed by atoms with Crippen molar-refractivity contribution in [3.8, 4) is 5.88 Å². The van der Waals surface area contributed by atoms with E-state index in [1.807, 2.05) is 0 Å². The predicted octanol–water partition coefficient (Wildman–Crippen LogP) is 0.942. The van der Waals surface area contributed by atoms with E-state index in [9.17, 15) is 14.7 Å². The quantitative estimate of drug-likeness (QED) is 0.750. The molecule has 5 nitrogen and oxygen atoms in total. The van der Waals surface area contributed by atoms with Crippen LogP contribution in [-0.4, -0.2) is 14.7 Å². The number of aromatic hydroxyl groups is 1. The Bertz CT molecular complexity index is 523. The minimum Gasteiger partial charge on any atom is -0.494 e. The molecular weight excluding hydrogens is 208 g/mol. The van der Waals surface area contributed by atoms with Crippen LogP contribution in [0.1, 0.15) is 32.3 Å². The summed E-state index contributed by atoms with van der Waals surface area (Å²) in [6, 6.07) is 0. The van der Waals surface area contributed by atoms with Crippen LogP contribution in [0.4, 0.5) is 0 Å². The van der Waals surface area contributed by atoms with Gasteiger partial charge in [0.2, 0.25) is 5.88 Å². The zero-order valence-electron chi connectivity index (χ0n) is 9.70. The number of aromatic amines is 1. The first-order chi connectivity index (χ1) is 7.34. The second-order valence-electron chi connectivity index (χ2n) is 4.19. The summed E-state index contributed by atoms with van der Waals surface area (Å²) in [4.78, 5) is 25.2. The minimum atomic E-state index is -0.616. The van der Waals surface area contributed by atoms with Gasteiger partial charge in [-0.25, -0.2) is 4.79 Å². The molecule has 0 fully saturated rings. The van der Waals surface area contributed by atoms with Gasteiger partial charge in [-0.15, -0.1) is 0 Å². The SMILES string of the molecule is C=C(C)Cn1c(O)c(C(C)C)c(=O)[nH]c1=O. The minimum absolute atomic E-state index is 0.152. The van der Waals surface area contributed by atoms with E-state index in [1.165, 1.54) is 0 Å². The molecule has 0 atom stereocenters. The highest BCUT2D eigenvalue weighted by Gasteiger charge is 2.16. The third-order valence-electron chi connectivity index (χ3n) is 2.21. The first kappa shape index (κ1) is 12.3. The first-order valence-electron chi connectivity index (χ1n) is 5.05. The monoisotopic (exact) mass is 224 g/mol. The van der Waals surface area contributed by atoms with Crippen molar-refractivity contribution in [2.75, 3.05) is 0 Å². The van der Waals surface area contributed by atoms with Crippen LogP contribution < -0.4 is 11.2 Å². The highest BCUT2D eigenvalue weighted by molar-refractivity contribution is 5.26. The zero-order valence-corrected chi connectivity index (χ0v) is 9.70. The maximum atomic E-state index is 11.5. The van der Waals surface area contributed by atoms with Gasteiger partial charge in [0.25, 0.3) is 5.56 Å². The van der Waals surface area contributed by atoms with Crippen LogP contribution in [0.5, 0.6) is 5.88 Å². The van der Waals surface area contributed by atoms with Crippen molar-refractivity contribution in [2.24, 2.45) is 0 Å². The van der Waals surface area contributed by atoms with Gasteiger partial charge < -0.3 is 5.11 Å². The van der Waals surface area contributed by atoms with Crippen molar-refractivity contribution >= 4 is 0 Å². The van der Waals surface area contributed by atoms with Gasteiger partial charge in [0.05, 0.1) is 12.1 Å². The van der Waals surface area contributed by atoms with Gasteiger partial charge in [-0.2, -0.15) is 0 Å². The van der Waals surface area contributed by atoms with E-state index in [0.29, 0.717) is 0 Å². The molecule has 88 valence electrons. The normalized spacial score (nSPS) is 10.8. The summed E-state index contributed by atoms with van der Waals surface area (Å²) in [5, 5.41) is 9.87. The average Bonchev–Trinajstić information content (AvgIpc) is 2.10. The lowest BCUT2D eigenvalue weighted by atomic mass is 10.1. The Balaban J connectivity index is 3.51. The summed E-state index contributed by atoms with van der Waals surface area (Å²) >= 11 is 0. The van der Waals surface area contributed by atoms with E-state index in [2.05, 4.69) is 11.6 Å². The molecule has 1 aromatic rings. The van der Waals surface area contributed by atoms with Gasteiger partial charge in [0, 0.05) is 0 Å². The Hall–Kier alpha value is -1.78. The van der Waals surface area contributed by atoms with Gasteiger partial charge >= 0.3 is 5.69 Å². The van der Waals surface area contributed by atoms with Crippen molar-refractivity contribution in [1.29, 1.82) is 0 Å². The lowest BCUT2D eigenvalue weighted by Crippen LogP contribution is -2.32. The number of rotatable bonds is 3. The molecule has 0 saturated carbocycles. The fourth-order valence-electron chi connectivity index (χ4n) is 1.51. The molecule has 0 aromatic carbocycles. The van der Waals surface area contributed by atoms with Crippen LogP contribution in [0.15, 0.2) is 21.7 Å². The topological polar surface area (TPSA) is 75.1 Å². The second kappa shape index (κ2) is 4.38. The summed E-state index contributed by atoms with van der Waals surface area (Å²) in [7, 11) is 0. The largest absolute Gasteiger partial charge is 0.494 e. The van der Waals surface area contributed by atoms with Crippen molar-refractivity contribution in [1.82, 2.24) is 9.55 Å². The summed E-state index contributed by atoms with van der Waals surface area (Å²) < 4.78 is 1.11. The van der Waals surface area contributed by atoms with E-state index in [1.54, 1.807) is 20.8 Å². The highest BCUT2D eigenvalue weighted by atomic mass is 16.3. The Morgan fingerprint density at radius 1 is 1.50 bits per heavy atom. The van der Waals surface area contributed by atoms with E-state index in [4.69, 9.17) is 0 Å². The van der Waals surface area contributed by atoms with E-state index < -0.39 is 11.2 Å². The van der Waals surface area contributed by atoms with Crippen molar-refractivity contribution in [3.63, 3.8) is 0 Å². The Labute approximate surface area is 93.1 Å². The molecule has 5 heteroatoms. The summed E-state index contributed by atoms with van der Waals surface area (Å²) in [6.07, 6.45) is 0. The van der Waals surface area contributed by atoms with Crippen molar-refractivity contribution < 1.29 is 5.11 Å². The van der Waals surface area contributed by atoms with Gasteiger partial charge in [-0.3, -0.25) is 14.3 Å². The molecule has 1 heterocycles. The number of hydrogen-bond acceptors (Lipinski definition) is 3. The molecule has 0 saturated heterocycles. The van der Waals surface area contributed by atoms with E-state index in [0.717, 1.165) is 10.1 Å². The molecule has 1 rings (SSSR count). The summed E-state index contributed by atoms with van der Waals surface area (Å²) in [5.74, 6) is -0.424. The molecule has 0 aliphatic heterocycles. The standard InChI is InChI=1S/C11H16N2O3/c1-6(2)5-13-10(15)8(7(3)4)9(14)12-11(13)16/h7,15H,1,5H2,2-4H3,(H,12,14,16). The molecule has 0 aliphatic carbocycles. The van der Waals surface area contributed by atoms with Crippen LogP contribution in [-0.2, 0) is 6.54 Å². The highest BCUT2D eigenvalue weighted by Crippen LogP contribution is 2.19. The third-order valence-corrected chi connectivity index (χ3v) is 2.21. The number of H-pyrrole nitrogens is 1. The Kier molecular flexibility index (Phi) is 3.37. The zero-order chi connectivity index (χ0) is 12.5. The van der Waals surface area contributed by atoms with E-state index >= 15 is 0 Å². The van der Waals surface area contributed by atoms with Crippen molar-refractivity contribution in [2.45, 2.75) is 33.2 Å². The Morgan fingerprint density at radius 3 is 2.50 bits per heavy atom.